The number of aromatic nitrogens is 2. The lowest BCUT2D eigenvalue weighted by molar-refractivity contribution is 0.395. The molecule has 3 aromatic rings. The third kappa shape index (κ3) is 2.82. The van der Waals surface area contributed by atoms with E-state index in [9.17, 15) is 0 Å². The van der Waals surface area contributed by atoms with Gasteiger partial charge in [0.25, 0.3) is 0 Å². The molecule has 0 aliphatic rings. The highest BCUT2D eigenvalue weighted by atomic mass is 32.1. The van der Waals surface area contributed by atoms with Gasteiger partial charge >= 0.3 is 0 Å². The van der Waals surface area contributed by atoms with Crippen molar-refractivity contribution >= 4 is 32.9 Å². The van der Waals surface area contributed by atoms with Crippen LogP contribution in [0, 0.1) is 6.92 Å². The molecule has 0 amide bonds. The number of rotatable bonds is 4. The summed E-state index contributed by atoms with van der Waals surface area (Å²) >= 11 is 2.81. The Morgan fingerprint density at radius 1 is 0.957 bits per heavy atom. The van der Waals surface area contributed by atoms with E-state index in [0.29, 0.717) is 16.0 Å². The number of hydrogen-bond acceptors (Lipinski definition) is 8. The van der Waals surface area contributed by atoms with E-state index in [-0.39, 0.29) is 0 Å². The van der Waals surface area contributed by atoms with Crippen LogP contribution < -0.4 is 20.9 Å². The highest BCUT2D eigenvalue weighted by Gasteiger charge is 2.21. The van der Waals surface area contributed by atoms with Crippen LogP contribution in [0.15, 0.2) is 18.2 Å². The number of nitrogen functional groups attached to an aromatic ring is 2. The zero-order valence-electron chi connectivity index (χ0n) is 12.9. The minimum absolute atomic E-state index is 0.485. The van der Waals surface area contributed by atoms with Crippen molar-refractivity contribution in [1.82, 2.24) is 9.97 Å². The predicted octanol–water partition coefficient (Wildman–Crippen LogP) is 3.42. The number of nitrogens with two attached hydrogens (primary N) is 2. The zero-order chi connectivity index (χ0) is 16.6. The molecule has 0 fully saturated rings. The molecule has 0 radical (unpaired) electrons. The molecule has 0 unspecified atom stereocenters. The fourth-order valence-corrected chi connectivity index (χ4v) is 4.06. The summed E-state index contributed by atoms with van der Waals surface area (Å²) in [5, 5.41) is 0.996. The van der Waals surface area contributed by atoms with Gasteiger partial charge in [0, 0.05) is 11.6 Å². The van der Waals surface area contributed by atoms with Crippen molar-refractivity contribution in [3.8, 4) is 32.5 Å². The van der Waals surface area contributed by atoms with Crippen molar-refractivity contribution in [3.05, 3.63) is 23.9 Å². The van der Waals surface area contributed by atoms with Crippen LogP contribution in [-0.4, -0.2) is 24.2 Å². The number of methoxy groups -OCH3 is 2. The van der Waals surface area contributed by atoms with Crippen LogP contribution in [0.5, 0.6) is 11.5 Å². The van der Waals surface area contributed by atoms with Crippen LogP contribution in [0.1, 0.15) is 5.69 Å². The molecule has 4 N–H and O–H groups in total. The molecule has 2 heterocycles. The molecule has 1 aromatic carbocycles. The second-order valence-corrected chi connectivity index (χ2v) is 6.82. The van der Waals surface area contributed by atoms with Gasteiger partial charge in [-0.25, -0.2) is 9.97 Å². The minimum atomic E-state index is 0.485. The average molecular weight is 348 g/mol. The van der Waals surface area contributed by atoms with Crippen LogP contribution in [0.4, 0.5) is 10.3 Å². The fourth-order valence-electron chi connectivity index (χ4n) is 2.30. The summed E-state index contributed by atoms with van der Waals surface area (Å²) in [4.78, 5) is 10.6. The Morgan fingerprint density at radius 2 is 1.65 bits per heavy atom. The van der Waals surface area contributed by atoms with E-state index in [1.807, 2.05) is 25.1 Å². The molecule has 0 atom stereocenters. The molecule has 23 heavy (non-hydrogen) atoms. The minimum Gasteiger partial charge on any atom is -0.497 e. The molecule has 0 saturated heterocycles. The number of aryl methyl sites for hydroxylation is 1. The maximum atomic E-state index is 5.95. The largest absolute Gasteiger partial charge is 0.497 e. The van der Waals surface area contributed by atoms with Crippen molar-refractivity contribution < 1.29 is 9.47 Å². The number of ether oxygens (including phenoxy) is 2. The number of anilines is 2. The Labute approximate surface area is 141 Å². The maximum Gasteiger partial charge on any atom is 0.181 e. The van der Waals surface area contributed by atoms with Gasteiger partial charge < -0.3 is 20.9 Å². The van der Waals surface area contributed by atoms with Gasteiger partial charge in [-0.2, -0.15) is 0 Å². The van der Waals surface area contributed by atoms with E-state index in [1.54, 1.807) is 14.2 Å². The molecule has 0 spiro atoms. The lowest BCUT2D eigenvalue weighted by Crippen LogP contribution is -1.90. The average Bonchev–Trinajstić information content (AvgIpc) is 3.08. The van der Waals surface area contributed by atoms with E-state index in [0.717, 1.165) is 32.5 Å². The first kappa shape index (κ1) is 15.6. The summed E-state index contributed by atoms with van der Waals surface area (Å²) in [6.07, 6.45) is 0. The lowest BCUT2D eigenvalue weighted by Gasteiger charge is -2.10. The SMILES string of the molecule is COc1ccc(-c2sc(N)nc2-c2sc(N)nc2C)c(OC)c1. The van der Waals surface area contributed by atoms with Crippen LogP contribution in [0.25, 0.3) is 21.0 Å². The molecule has 0 aliphatic heterocycles. The van der Waals surface area contributed by atoms with Gasteiger partial charge in [-0.15, -0.1) is 0 Å². The first-order valence-corrected chi connectivity index (χ1v) is 8.38. The zero-order valence-corrected chi connectivity index (χ0v) is 14.5. The van der Waals surface area contributed by atoms with E-state index in [2.05, 4.69) is 9.97 Å². The van der Waals surface area contributed by atoms with E-state index in [4.69, 9.17) is 20.9 Å². The van der Waals surface area contributed by atoms with Crippen LogP contribution in [0.2, 0.25) is 0 Å². The van der Waals surface area contributed by atoms with Gasteiger partial charge in [0.2, 0.25) is 0 Å². The number of hydrogen-bond donors (Lipinski definition) is 2. The second kappa shape index (κ2) is 6.05. The highest BCUT2D eigenvalue weighted by molar-refractivity contribution is 7.21. The summed E-state index contributed by atoms with van der Waals surface area (Å²) in [5.41, 5.74) is 14.3. The first-order valence-electron chi connectivity index (χ1n) is 6.75. The molecular weight excluding hydrogens is 332 g/mol. The third-order valence-corrected chi connectivity index (χ3v) is 5.24. The summed E-state index contributed by atoms with van der Waals surface area (Å²) in [5.74, 6) is 1.42. The Hall–Kier alpha value is -2.32. The molecule has 0 bridgehead atoms. The van der Waals surface area contributed by atoms with Crippen molar-refractivity contribution in [2.45, 2.75) is 6.92 Å². The van der Waals surface area contributed by atoms with Crippen LogP contribution in [0.3, 0.4) is 0 Å². The molecule has 0 aliphatic carbocycles. The lowest BCUT2D eigenvalue weighted by atomic mass is 10.1. The van der Waals surface area contributed by atoms with Crippen LogP contribution >= 0.6 is 22.7 Å². The highest BCUT2D eigenvalue weighted by Crippen LogP contribution is 2.45. The third-order valence-electron chi connectivity index (χ3n) is 3.33. The van der Waals surface area contributed by atoms with Crippen LogP contribution in [-0.2, 0) is 0 Å². The Kier molecular flexibility index (Phi) is 4.10. The number of nitrogens with zero attached hydrogens (tertiary/aromatic N) is 2. The van der Waals surface area contributed by atoms with Gasteiger partial charge in [0.05, 0.1) is 29.7 Å². The smallest absolute Gasteiger partial charge is 0.181 e. The molecule has 8 heteroatoms. The predicted molar refractivity (Wildman–Crippen MR) is 95.3 cm³/mol. The van der Waals surface area contributed by atoms with Gasteiger partial charge in [-0.05, 0) is 19.1 Å². The van der Waals surface area contributed by atoms with Gasteiger partial charge in [-0.1, -0.05) is 22.7 Å². The standard InChI is InChI=1S/C15H16N4O2S2/c1-7-12(22-14(16)18-7)11-13(23-15(17)19-11)9-5-4-8(20-2)6-10(9)21-3/h4-6H,1-3H3,(H2,16,18)(H2,17,19). The summed E-state index contributed by atoms with van der Waals surface area (Å²) in [7, 11) is 3.24. The quantitative estimate of drug-likeness (QED) is 0.750. The first-order chi connectivity index (χ1) is 11.0. The summed E-state index contributed by atoms with van der Waals surface area (Å²) in [6, 6.07) is 5.65. The van der Waals surface area contributed by atoms with E-state index in [1.165, 1.54) is 22.7 Å². The maximum absolute atomic E-state index is 5.95. The fraction of sp³-hybridized carbons (Fsp3) is 0.200. The topological polar surface area (TPSA) is 96.3 Å². The Balaban J connectivity index is 2.20. The molecule has 0 saturated carbocycles. The molecule has 2 aromatic heterocycles. The second-order valence-electron chi connectivity index (χ2n) is 4.76. The molecular formula is C15H16N4O2S2. The van der Waals surface area contributed by atoms with E-state index < -0.39 is 0 Å². The van der Waals surface area contributed by atoms with E-state index >= 15 is 0 Å². The van der Waals surface area contributed by atoms with Gasteiger partial charge in [0.15, 0.2) is 10.3 Å². The van der Waals surface area contributed by atoms with Gasteiger partial charge in [-0.3, -0.25) is 0 Å². The van der Waals surface area contributed by atoms with Gasteiger partial charge in [0.1, 0.15) is 17.2 Å². The van der Waals surface area contributed by atoms with Crippen molar-refractivity contribution in [2.75, 3.05) is 25.7 Å². The summed E-state index contributed by atoms with van der Waals surface area (Å²) < 4.78 is 10.7. The molecule has 120 valence electrons. The number of thiazole rings is 2. The monoisotopic (exact) mass is 348 g/mol. The molecule has 3 rings (SSSR count). The normalized spacial score (nSPS) is 10.7. The molecule has 6 nitrogen and oxygen atoms in total. The Morgan fingerprint density at radius 3 is 2.26 bits per heavy atom. The number of benzene rings is 1. The Bertz CT molecular complexity index is 857. The van der Waals surface area contributed by atoms with Crippen molar-refractivity contribution in [3.63, 3.8) is 0 Å². The van der Waals surface area contributed by atoms with Crippen molar-refractivity contribution in [2.24, 2.45) is 0 Å². The summed E-state index contributed by atoms with van der Waals surface area (Å²) in [6.45, 7) is 1.91. The van der Waals surface area contributed by atoms with Crippen molar-refractivity contribution in [1.29, 1.82) is 0 Å².